The van der Waals surface area contributed by atoms with Crippen molar-refractivity contribution in [3.05, 3.63) is 48.0 Å². The molecule has 0 radical (unpaired) electrons. The van der Waals surface area contributed by atoms with E-state index in [0.717, 1.165) is 16.3 Å². The summed E-state index contributed by atoms with van der Waals surface area (Å²) in [4.78, 5) is 62.2. The Morgan fingerprint density at radius 2 is 1.62 bits per heavy atom. The fourth-order valence-corrected chi connectivity index (χ4v) is 4.66. The number of amides is 2. The van der Waals surface area contributed by atoms with Gasteiger partial charge in [-0.2, -0.15) is 12.6 Å². The van der Waals surface area contributed by atoms with Crippen LogP contribution in [-0.4, -0.2) is 70.6 Å². The number of carboxylic acids is 1. The standard InChI is InChI=1S/C28H37N3O7S/c29-13-4-3-7-20(14-25(34)23(17-39)30-26(35)16-32)28(38)31-22(15-27(36)37)24(33)12-11-19-9-5-8-18-6-1-2-10-21(18)19/h1-2,5-6,8-10,20,22-23,32,39H,3-4,7,11-17,29H2,(H,30,35)(H,31,38)(H,36,37)/t20?,22-,23-/m0/s1. The largest absolute Gasteiger partial charge is 0.481 e. The molecule has 0 spiro atoms. The van der Waals surface area contributed by atoms with Crippen LogP contribution in [0.2, 0.25) is 0 Å². The highest BCUT2D eigenvalue weighted by Crippen LogP contribution is 2.21. The Morgan fingerprint density at radius 1 is 0.897 bits per heavy atom. The van der Waals surface area contributed by atoms with Crippen LogP contribution in [0.5, 0.6) is 0 Å². The number of benzene rings is 2. The van der Waals surface area contributed by atoms with Gasteiger partial charge in [0.05, 0.1) is 18.5 Å². The summed E-state index contributed by atoms with van der Waals surface area (Å²) in [6.45, 7) is -0.405. The van der Waals surface area contributed by atoms with Crippen LogP contribution in [0.1, 0.15) is 44.1 Å². The summed E-state index contributed by atoms with van der Waals surface area (Å²) >= 11 is 4.08. The van der Waals surface area contributed by atoms with Crippen LogP contribution in [0.3, 0.4) is 0 Å². The number of unbranched alkanes of at least 4 members (excludes halogenated alkanes) is 1. The predicted octanol–water partition coefficient (Wildman–Crippen LogP) is 1.41. The Morgan fingerprint density at radius 3 is 2.28 bits per heavy atom. The van der Waals surface area contributed by atoms with Crippen LogP contribution in [0, 0.1) is 5.92 Å². The van der Waals surface area contributed by atoms with Crippen molar-refractivity contribution in [3.63, 3.8) is 0 Å². The molecule has 0 aliphatic rings. The second-order valence-corrected chi connectivity index (χ2v) is 9.74. The number of aryl methyl sites for hydroxylation is 1. The zero-order chi connectivity index (χ0) is 28.8. The third-order valence-electron chi connectivity index (χ3n) is 6.48. The van der Waals surface area contributed by atoms with Crippen LogP contribution in [0.4, 0.5) is 0 Å². The number of carboxylic acid groups (broad SMARTS) is 1. The maximum atomic E-state index is 13.2. The van der Waals surface area contributed by atoms with Crippen LogP contribution >= 0.6 is 12.6 Å². The number of aliphatic carboxylic acids is 1. The van der Waals surface area contributed by atoms with Gasteiger partial charge in [-0.3, -0.25) is 24.0 Å². The van der Waals surface area contributed by atoms with Crippen molar-refractivity contribution in [1.82, 2.24) is 10.6 Å². The van der Waals surface area contributed by atoms with Gasteiger partial charge in [-0.05, 0) is 42.1 Å². The zero-order valence-corrected chi connectivity index (χ0v) is 22.7. The maximum absolute atomic E-state index is 13.2. The maximum Gasteiger partial charge on any atom is 0.305 e. The van der Waals surface area contributed by atoms with Gasteiger partial charge in [0.1, 0.15) is 6.61 Å². The highest BCUT2D eigenvalue weighted by atomic mass is 32.1. The fourth-order valence-electron chi connectivity index (χ4n) is 4.37. The van der Waals surface area contributed by atoms with Gasteiger partial charge in [-0.15, -0.1) is 0 Å². The normalized spacial score (nSPS) is 13.3. The number of rotatable bonds is 18. The topological polar surface area (TPSA) is 176 Å². The highest BCUT2D eigenvalue weighted by Gasteiger charge is 2.30. The zero-order valence-electron chi connectivity index (χ0n) is 21.8. The first-order valence-electron chi connectivity index (χ1n) is 13.0. The Labute approximate surface area is 233 Å². The lowest BCUT2D eigenvalue weighted by atomic mass is 9.91. The molecule has 0 aromatic heterocycles. The molecule has 2 rings (SSSR count). The van der Waals surface area contributed by atoms with Gasteiger partial charge in [0.2, 0.25) is 11.8 Å². The summed E-state index contributed by atoms with van der Waals surface area (Å²) < 4.78 is 0. The number of fused-ring (bicyclic) bond motifs is 1. The number of nitrogens with one attached hydrogen (secondary N) is 2. The van der Waals surface area contributed by atoms with Crippen molar-refractivity contribution in [3.8, 4) is 0 Å². The lowest BCUT2D eigenvalue weighted by Gasteiger charge is -2.23. The van der Waals surface area contributed by atoms with Gasteiger partial charge in [-0.25, -0.2) is 0 Å². The molecule has 3 atom stereocenters. The quantitative estimate of drug-likeness (QED) is 0.117. The van der Waals surface area contributed by atoms with E-state index in [2.05, 4.69) is 23.3 Å². The molecule has 0 saturated carbocycles. The molecule has 0 aliphatic heterocycles. The van der Waals surface area contributed by atoms with Gasteiger partial charge in [0.25, 0.3) is 0 Å². The van der Waals surface area contributed by atoms with Crippen molar-refractivity contribution >= 4 is 52.8 Å². The van der Waals surface area contributed by atoms with E-state index in [1.54, 1.807) is 0 Å². The fraction of sp³-hybridized carbons (Fsp3) is 0.464. The molecule has 11 heteroatoms. The molecular weight excluding hydrogens is 522 g/mol. The molecule has 2 amide bonds. The summed E-state index contributed by atoms with van der Waals surface area (Å²) in [5, 5.41) is 25.3. The SMILES string of the molecule is NCCCCC(CC(=O)[C@H](CS)NC(=O)CO)C(=O)N[C@@H](CC(=O)O)C(=O)CCc1cccc2ccccc12. The number of hydrogen-bond acceptors (Lipinski definition) is 8. The minimum absolute atomic E-state index is 0.0257. The summed E-state index contributed by atoms with van der Waals surface area (Å²) in [5.74, 6) is -4.38. The van der Waals surface area contributed by atoms with Gasteiger partial charge in [0.15, 0.2) is 11.6 Å². The lowest BCUT2D eigenvalue weighted by Crippen LogP contribution is -2.47. The van der Waals surface area contributed by atoms with Crippen molar-refractivity contribution in [1.29, 1.82) is 0 Å². The van der Waals surface area contributed by atoms with Crippen molar-refractivity contribution in [2.45, 2.75) is 57.0 Å². The van der Waals surface area contributed by atoms with Crippen molar-refractivity contribution in [2.24, 2.45) is 11.7 Å². The molecule has 2 aromatic rings. The molecule has 0 bridgehead atoms. The van der Waals surface area contributed by atoms with Crippen LogP contribution in [0.15, 0.2) is 42.5 Å². The molecule has 0 aliphatic carbocycles. The Balaban J connectivity index is 2.14. The van der Waals surface area contributed by atoms with E-state index in [1.807, 2.05) is 42.5 Å². The Bertz CT molecular complexity index is 1150. The Kier molecular flexibility index (Phi) is 13.6. The van der Waals surface area contributed by atoms with E-state index in [1.165, 1.54) is 0 Å². The third-order valence-corrected chi connectivity index (χ3v) is 6.84. The first-order valence-corrected chi connectivity index (χ1v) is 13.6. The predicted molar refractivity (Wildman–Crippen MR) is 150 cm³/mol. The first kappa shape index (κ1) is 31.9. The molecule has 39 heavy (non-hydrogen) atoms. The third kappa shape index (κ3) is 10.4. The number of aliphatic hydroxyl groups is 1. The smallest absolute Gasteiger partial charge is 0.305 e. The number of carbonyl (C=O) groups is 5. The number of carbonyl (C=O) groups excluding carboxylic acids is 4. The van der Waals surface area contributed by atoms with Gasteiger partial charge < -0.3 is 26.6 Å². The van der Waals surface area contributed by atoms with Gasteiger partial charge in [-0.1, -0.05) is 48.9 Å². The number of Topliss-reactive ketones (excluding diaryl/α,β-unsaturated/α-hetero) is 2. The second-order valence-electron chi connectivity index (χ2n) is 9.38. The summed E-state index contributed by atoms with van der Waals surface area (Å²) in [7, 11) is 0. The summed E-state index contributed by atoms with van der Waals surface area (Å²) in [6, 6.07) is 11.2. The van der Waals surface area contributed by atoms with Gasteiger partial charge >= 0.3 is 5.97 Å². The van der Waals surface area contributed by atoms with Crippen LogP contribution in [-0.2, 0) is 30.4 Å². The van der Waals surface area contributed by atoms with E-state index in [-0.39, 0.29) is 25.0 Å². The van der Waals surface area contributed by atoms with E-state index >= 15 is 0 Å². The van der Waals surface area contributed by atoms with Crippen molar-refractivity contribution < 1.29 is 34.2 Å². The monoisotopic (exact) mass is 559 g/mol. The number of thiol groups is 1. The van der Waals surface area contributed by atoms with Crippen molar-refractivity contribution in [2.75, 3.05) is 18.9 Å². The molecule has 10 nitrogen and oxygen atoms in total. The number of aliphatic hydroxyl groups excluding tert-OH is 1. The van der Waals surface area contributed by atoms with E-state index in [9.17, 15) is 29.1 Å². The highest BCUT2D eigenvalue weighted by molar-refractivity contribution is 7.80. The molecule has 2 aromatic carbocycles. The van der Waals surface area contributed by atoms with E-state index in [4.69, 9.17) is 10.8 Å². The second kappa shape index (κ2) is 16.6. The summed E-state index contributed by atoms with van der Waals surface area (Å²) in [6.07, 6.45) is 0.988. The van der Waals surface area contributed by atoms with Crippen LogP contribution in [0.25, 0.3) is 10.8 Å². The molecule has 6 N–H and O–H groups in total. The summed E-state index contributed by atoms with van der Waals surface area (Å²) in [5.41, 5.74) is 6.50. The molecule has 212 valence electrons. The first-order chi connectivity index (χ1) is 18.7. The van der Waals surface area contributed by atoms with E-state index < -0.39 is 60.4 Å². The molecule has 0 saturated heterocycles. The average Bonchev–Trinajstić information content (AvgIpc) is 2.93. The minimum Gasteiger partial charge on any atom is -0.481 e. The Hall–Kier alpha value is -3.28. The average molecular weight is 560 g/mol. The minimum atomic E-state index is -1.26. The number of hydrogen-bond donors (Lipinski definition) is 6. The van der Waals surface area contributed by atoms with Gasteiger partial charge in [0, 0.05) is 24.5 Å². The molecule has 0 heterocycles. The molecule has 0 fully saturated rings. The number of nitrogens with two attached hydrogens (primary N) is 1. The number of ketones is 2. The van der Waals surface area contributed by atoms with E-state index in [0.29, 0.717) is 25.8 Å². The lowest BCUT2D eigenvalue weighted by molar-refractivity contribution is -0.141. The van der Waals surface area contributed by atoms with Crippen LogP contribution < -0.4 is 16.4 Å². The molecule has 1 unspecified atom stereocenters. The molecular formula is C28H37N3O7S.